The van der Waals surface area contributed by atoms with Crippen LogP contribution in [-0.4, -0.2) is 51.0 Å². The van der Waals surface area contributed by atoms with E-state index in [9.17, 15) is 9.59 Å². The standard InChI is InChI=1S/C19H21ClN6O3S/c1-14(27)25(22-12-15-5-2-3-7-17(15)20)9-10-29-24-19(28)26-13-30-18(23-26)16-6-4-8-21-11-16/h2-8,11,22H,9-10,12-13H2,1H3,(H,24,28). The van der Waals surface area contributed by atoms with Gasteiger partial charge in [-0.25, -0.2) is 20.7 Å². The van der Waals surface area contributed by atoms with Gasteiger partial charge in [0.2, 0.25) is 5.91 Å². The van der Waals surface area contributed by atoms with Gasteiger partial charge in [-0.1, -0.05) is 41.6 Å². The van der Waals surface area contributed by atoms with Crippen molar-refractivity contribution in [3.8, 4) is 0 Å². The van der Waals surface area contributed by atoms with E-state index in [1.165, 1.54) is 28.7 Å². The average molecular weight is 449 g/mol. The molecule has 2 N–H and O–H groups in total. The molecule has 0 saturated heterocycles. The number of carbonyl (C=O) groups excluding carboxylic acids is 2. The third kappa shape index (κ3) is 6.17. The molecule has 2 aromatic rings. The lowest BCUT2D eigenvalue weighted by Gasteiger charge is -2.22. The molecule has 11 heteroatoms. The first-order valence-corrected chi connectivity index (χ1v) is 10.5. The lowest BCUT2D eigenvalue weighted by Crippen LogP contribution is -2.44. The summed E-state index contributed by atoms with van der Waals surface area (Å²) < 4.78 is 0. The van der Waals surface area contributed by atoms with Crippen LogP contribution in [0.1, 0.15) is 18.1 Å². The van der Waals surface area contributed by atoms with Crippen molar-refractivity contribution in [1.82, 2.24) is 25.9 Å². The molecule has 9 nitrogen and oxygen atoms in total. The van der Waals surface area contributed by atoms with Crippen LogP contribution in [0.15, 0.2) is 53.9 Å². The SMILES string of the molecule is CC(=O)N(CCONC(=O)N1CSC(c2cccnc2)=N1)NCc1ccccc1Cl. The summed E-state index contributed by atoms with van der Waals surface area (Å²) in [6.07, 6.45) is 3.37. The summed E-state index contributed by atoms with van der Waals surface area (Å²) in [6.45, 7) is 2.16. The van der Waals surface area contributed by atoms with E-state index in [0.29, 0.717) is 22.5 Å². The highest BCUT2D eigenvalue weighted by molar-refractivity contribution is 8.14. The summed E-state index contributed by atoms with van der Waals surface area (Å²) in [5, 5.41) is 8.27. The largest absolute Gasteiger partial charge is 0.362 e. The zero-order chi connectivity index (χ0) is 21.3. The molecule has 1 aliphatic heterocycles. The van der Waals surface area contributed by atoms with Crippen molar-refractivity contribution >= 4 is 40.3 Å². The van der Waals surface area contributed by atoms with Crippen LogP contribution in [0.5, 0.6) is 0 Å². The number of nitrogens with one attached hydrogen (secondary N) is 2. The Balaban J connectivity index is 1.41. The number of thioether (sulfide) groups is 1. The van der Waals surface area contributed by atoms with Gasteiger partial charge in [0.25, 0.3) is 0 Å². The zero-order valence-electron chi connectivity index (χ0n) is 16.2. The second-order valence-electron chi connectivity index (χ2n) is 6.17. The molecule has 0 saturated carbocycles. The van der Waals surface area contributed by atoms with Gasteiger partial charge in [-0.3, -0.25) is 19.6 Å². The van der Waals surface area contributed by atoms with Crippen molar-refractivity contribution in [3.05, 3.63) is 64.9 Å². The van der Waals surface area contributed by atoms with E-state index in [1.54, 1.807) is 18.5 Å². The number of nitrogens with zero attached hydrogens (tertiary/aromatic N) is 4. The van der Waals surface area contributed by atoms with E-state index in [1.807, 2.05) is 30.3 Å². The van der Waals surface area contributed by atoms with Crippen LogP contribution < -0.4 is 10.9 Å². The molecular weight excluding hydrogens is 428 g/mol. The minimum absolute atomic E-state index is 0.0982. The number of rotatable bonds is 8. The molecule has 3 rings (SSSR count). The van der Waals surface area contributed by atoms with Crippen LogP contribution in [0.2, 0.25) is 5.02 Å². The Kier molecular flexibility index (Phi) is 8.03. The van der Waals surface area contributed by atoms with Gasteiger partial charge in [0.15, 0.2) is 0 Å². The quantitative estimate of drug-likeness (QED) is 0.475. The van der Waals surface area contributed by atoms with Crippen LogP contribution in [-0.2, 0) is 16.2 Å². The Labute approximate surface area is 183 Å². The number of aromatic nitrogens is 1. The Morgan fingerprint density at radius 2 is 2.13 bits per heavy atom. The predicted octanol–water partition coefficient (Wildman–Crippen LogP) is 2.60. The van der Waals surface area contributed by atoms with Crippen LogP contribution in [0.3, 0.4) is 0 Å². The summed E-state index contributed by atoms with van der Waals surface area (Å²) in [5.41, 5.74) is 7.06. The maximum Gasteiger partial charge on any atom is 0.362 e. The number of carbonyl (C=O) groups is 2. The summed E-state index contributed by atoms with van der Waals surface area (Å²) in [6, 6.07) is 10.6. The number of halogens is 1. The minimum Gasteiger partial charge on any atom is -0.276 e. The van der Waals surface area contributed by atoms with Gasteiger partial charge in [0.05, 0.1) is 19.0 Å². The maximum atomic E-state index is 12.2. The van der Waals surface area contributed by atoms with Crippen LogP contribution in [0.4, 0.5) is 4.79 Å². The molecule has 1 aromatic heterocycles. The van der Waals surface area contributed by atoms with Gasteiger partial charge in [0, 0.05) is 36.4 Å². The van der Waals surface area contributed by atoms with Gasteiger partial charge in [-0.05, 0) is 23.8 Å². The second kappa shape index (κ2) is 10.9. The van der Waals surface area contributed by atoms with E-state index < -0.39 is 6.03 Å². The number of hydrazone groups is 1. The fourth-order valence-corrected chi connectivity index (χ4v) is 3.56. The van der Waals surface area contributed by atoms with Crippen LogP contribution in [0, 0.1) is 0 Å². The van der Waals surface area contributed by atoms with Gasteiger partial charge >= 0.3 is 6.03 Å². The molecule has 30 heavy (non-hydrogen) atoms. The number of urea groups is 1. The third-order valence-corrected chi connectivity index (χ3v) is 5.39. The molecule has 0 fully saturated rings. The Bertz CT molecular complexity index is 914. The normalized spacial score (nSPS) is 13.1. The van der Waals surface area contributed by atoms with Crippen molar-refractivity contribution in [2.45, 2.75) is 13.5 Å². The lowest BCUT2D eigenvalue weighted by atomic mass is 10.2. The van der Waals surface area contributed by atoms with Gasteiger partial charge in [0.1, 0.15) is 5.04 Å². The van der Waals surface area contributed by atoms with Crippen molar-refractivity contribution in [3.63, 3.8) is 0 Å². The number of hydrazine groups is 1. The number of hydroxylamine groups is 1. The topological polar surface area (TPSA) is 99.2 Å². The molecule has 0 atom stereocenters. The Morgan fingerprint density at radius 1 is 1.30 bits per heavy atom. The highest BCUT2D eigenvalue weighted by atomic mass is 35.5. The second-order valence-corrected chi connectivity index (χ2v) is 7.51. The van der Waals surface area contributed by atoms with E-state index in [0.717, 1.165) is 11.1 Å². The third-order valence-electron chi connectivity index (χ3n) is 4.05. The molecule has 0 bridgehead atoms. The first kappa shape index (κ1) is 22.0. The van der Waals surface area contributed by atoms with Crippen molar-refractivity contribution in [2.75, 3.05) is 19.0 Å². The summed E-state index contributed by atoms with van der Waals surface area (Å²) in [7, 11) is 0. The van der Waals surface area contributed by atoms with E-state index >= 15 is 0 Å². The lowest BCUT2D eigenvalue weighted by molar-refractivity contribution is -0.133. The van der Waals surface area contributed by atoms with Gasteiger partial charge in [-0.2, -0.15) is 5.10 Å². The summed E-state index contributed by atoms with van der Waals surface area (Å²) in [5.74, 6) is 0.192. The summed E-state index contributed by atoms with van der Waals surface area (Å²) in [4.78, 5) is 33.3. The fraction of sp³-hybridized carbons (Fsp3) is 0.263. The first-order valence-electron chi connectivity index (χ1n) is 9.10. The smallest absolute Gasteiger partial charge is 0.276 e. The molecule has 158 valence electrons. The minimum atomic E-state index is -0.486. The number of hydrogen-bond acceptors (Lipinski definition) is 7. The Morgan fingerprint density at radius 3 is 2.87 bits per heavy atom. The van der Waals surface area contributed by atoms with E-state index in [4.69, 9.17) is 16.4 Å². The monoisotopic (exact) mass is 448 g/mol. The van der Waals surface area contributed by atoms with Crippen LogP contribution in [0.25, 0.3) is 0 Å². The molecule has 3 amide bonds. The van der Waals surface area contributed by atoms with Crippen LogP contribution >= 0.6 is 23.4 Å². The number of pyridine rings is 1. The fourth-order valence-electron chi connectivity index (χ4n) is 2.50. The highest BCUT2D eigenvalue weighted by Crippen LogP contribution is 2.22. The predicted molar refractivity (Wildman–Crippen MR) is 115 cm³/mol. The molecule has 0 radical (unpaired) electrons. The molecule has 0 spiro atoms. The molecular formula is C19H21ClN6O3S. The number of hydrogen-bond donors (Lipinski definition) is 2. The molecule has 0 unspecified atom stereocenters. The van der Waals surface area contributed by atoms with E-state index in [2.05, 4.69) is 21.0 Å². The average Bonchev–Trinajstić information content (AvgIpc) is 3.25. The summed E-state index contributed by atoms with van der Waals surface area (Å²) >= 11 is 7.56. The molecule has 1 aromatic carbocycles. The maximum absolute atomic E-state index is 12.2. The number of amides is 3. The van der Waals surface area contributed by atoms with E-state index in [-0.39, 0.29) is 19.1 Å². The van der Waals surface area contributed by atoms with Gasteiger partial charge < -0.3 is 0 Å². The Hall–Kier alpha value is -2.66. The van der Waals surface area contributed by atoms with Crippen molar-refractivity contribution in [1.29, 1.82) is 0 Å². The van der Waals surface area contributed by atoms with Gasteiger partial charge in [-0.15, -0.1) is 0 Å². The molecule has 1 aliphatic rings. The number of benzene rings is 1. The molecule has 2 heterocycles. The van der Waals surface area contributed by atoms with Crippen molar-refractivity contribution < 1.29 is 14.4 Å². The molecule has 0 aliphatic carbocycles. The highest BCUT2D eigenvalue weighted by Gasteiger charge is 2.22. The zero-order valence-corrected chi connectivity index (χ0v) is 17.8. The van der Waals surface area contributed by atoms with Crippen molar-refractivity contribution in [2.24, 2.45) is 5.10 Å². The first-order chi connectivity index (χ1) is 14.5.